The van der Waals surface area contributed by atoms with Crippen LogP contribution in [0.25, 0.3) is 0 Å². The highest BCUT2D eigenvalue weighted by Gasteiger charge is 2.36. The van der Waals surface area contributed by atoms with E-state index in [9.17, 15) is 13.2 Å². The van der Waals surface area contributed by atoms with Crippen LogP contribution in [-0.4, -0.2) is 55.8 Å². The molecule has 1 aromatic heterocycles. The predicted octanol–water partition coefficient (Wildman–Crippen LogP) is 2.02. The van der Waals surface area contributed by atoms with Crippen molar-refractivity contribution in [1.82, 2.24) is 20.1 Å². The average Bonchev–Trinajstić information content (AvgIpc) is 3.45. The number of rotatable bonds is 4. The fourth-order valence-corrected chi connectivity index (χ4v) is 5.46. The van der Waals surface area contributed by atoms with Gasteiger partial charge in [-0.25, -0.2) is 19.3 Å². The monoisotopic (exact) mass is 446 g/mol. The molecule has 3 heterocycles. The van der Waals surface area contributed by atoms with Gasteiger partial charge < -0.3 is 9.32 Å². The topological polar surface area (TPSA) is 94.9 Å². The Labute approximate surface area is 183 Å². The Bertz CT molecular complexity index is 1000. The second-order valence-corrected chi connectivity index (χ2v) is 11.1. The minimum Gasteiger partial charge on any atom is -0.468 e. The number of furan rings is 1. The van der Waals surface area contributed by atoms with Gasteiger partial charge in [0.2, 0.25) is 15.9 Å². The number of amides is 1. The van der Waals surface area contributed by atoms with E-state index in [-0.39, 0.29) is 36.5 Å². The average molecular weight is 447 g/mol. The zero-order valence-electron chi connectivity index (χ0n) is 18.2. The Morgan fingerprint density at radius 3 is 2.29 bits per heavy atom. The first-order chi connectivity index (χ1) is 14.7. The Balaban J connectivity index is 1.35. The zero-order chi connectivity index (χ0) is 22.2. The summed E-state index contributed by atoms with van der Waals surface area (Å²) in [5.41, 5.74) is 7.20. The summed E-state index contributed by atoms with van der Waals surface area (Å²) in [6.45, 7) is 7.62. The summed E-state index contributed by atoms with van der Waals surface area (Å²) < 4.78 is 33.0. The summed E-state index contributed by atoms with van der Waals surface area (Å²) in [5.74, 6) is 0.768. The second-order valence-electron chi connectivity index (χ2n) is 9.15. The quantitative estimate of drug-likeness (QED) is 0.746. The van der Waals surface area contributed by atoms with Crippen molar-refractivity contribution in [3.8, 4) is 0 Å². The minimum atomic E-state index is -3.58. The summed E-state index contributed by atoms with van der Waals surface area (Å²) in [6, 6.07) is 10.4. The van der Waals surface area contributed by atoms with E-state index in [1.807, 2.05) is 24.3 Å². The maximum absolute atomic E-state index is 13.0. The molecule has 8 nitrogen and oxygen atoms in total. The maximum Gasteiger partial charge on any atom is 0.243 e. The normalized spacial score (nSPS) is 23.3. The third kappa shape index (κ3) is 4.55. The molecular weight excluding hydrogens is 416 g/mol. The van der Waals surface area contributed by atoms with Crippen molar-refractivity contribution in [3.05, 3.63) is 54.0 Å². The molecule has 0 aliphatic carbocycles. The van der Waals surface area contributed by atoms with Crippen molar-refractivity contribution in [2.75, 3.05) is 26.2 Å². The van der Waals surface area contributed by atoms with Gasteiger partial charge in [-0.2, -0.15) is 4.31 Å². The number of hydrazine groups is 1. The van der Waals surface area contributed by atoms with Gasteiger partial charge in [-0.3, -0.25) is 4.79 Å². The van der Waals surface area contributed by atoms with Crippen molar-refractivity contribution in [1.29, 1.82) is 0 Å². The first-order valence-corrected chi connectivity index (χ1v) is 12.0. The largest absolute Gasteiger partial charge is 0.468 e. The molecule has 2 aliphatic rings. The molecule has 4 rings (SSSR count). The van der Waals surface area contributed by atoms with Gasteiger partial charge in [0.25, 0.3) is 0 Å². The van der Waals surface area contributed by atoms with Crippen LogP contribution in [-0.2, 0) is 20.2 Å². The Morgan fingerprint density at radius 1 is 1.03 bits per heavy atom. The van der Waals surface area contributed by atoms with E-state index in [0.717, 1.165) is 11.3 Å². The summed E-state index contributed by atoms with van der Waals surface area (Å²) in [6.07, 6.45) is 2.20. The van der Waals surface area contributed by atoms with Crippen LogP contribution in [0.1, 0.15) is 44.6 Å². The fourth-order valence-electron chi connectivity index (χ4n) is 4.04. The van der Waals surface area contributed by atoms with Crippen LogP contribution in [0.15, 0.2) is 52.0 Å². The molecule has 2 aliphatic heterocycles. The third-order valence-corrected chi connectivity index (χ3v) is 7.91. The SMILES string of the molecule is CC(C)(C)c1ccc(S(=O)(=O)N2CCN(C(=O)C3CC(c4ccco4)NN3)CC2)cc1. The van der Waals surface area contributed by atoms with Gasteiger partial charge in [0.05, 0.1) is 17.2 Å². The van der Waals surface area contributed by atoms with Crippen LogP contribution in [0.5, 0.6) is 0 Å². The van der Waals surface area contributed by atoms with E-state index in [0.29, 0.717) is 24.4 Å². The van der Waals surface area contributed by atoms with E-state index in [1.165, 1.54) is 4.31 Å². The van der Waals surface area contributed by atoms with Crippen LogP contribution < -0.4 is 10.9 Å². The number of nitrogens with zero attached hydrogens (tertiary/aromatic N) is 2. The summed E-state index contributed by atoms with van der Waals surface area (Å²) >= 11 is 0. The van der Waals surface area contributed by atoms with E-state index in [2.05, 4.69) is 31.6 Å². The van der Waals surface area contributed by atoms with Gasteiger partial charge in [-0.15, -0.1) is 0 Å². The Morgan fingerprint density at radius 2 is 1.71 bits per heavy atom. The zero-order valence-corrected chi connectivity index (χ0v) is 19.0. The van der Waals surface area contributed by atoms with Crippen LogP contribution in [0, 0.1) is 0 Å². The number of sulfonamides is 1. The first-order valence-electron chi connectivity index (χ1n) is 10.6. The van der Waals surface area contributed by atoms with E-state index < -0.39 is 10.0 Å². The molecule has 2 saturated heterocycles. The third-order valence-electron chi connectivity index (χ3n) is 6.00. The number of nitrogens with one attached hydrogen (secondary N) is 2. The van der Waals surface area contributed by atoms with Crippen molar-refractivity contribution < 1.29 is 17.6 Å². The first kappa shape index (κ1) is 22.0. The highest BCUT2D eigenvalue weighted by atomic mass is 32.2. The molecule has 2 atom stereocenters. The molecule has 1 amide bonds. The maximum atomic E-state index is 13.0. The number of piperazine rings is 1. The van der Waals surface area contributed by atoms with Crippen molar-refractivity contribution >= 4 is 15.9 Å². The van der Waals surface area contributed by atoms with E-state index in [1.54, 1.807) is 23.3 Å². The molecule has 0 saturated carbocycles. The van der Waals surface area contributed by atoms with Crippen molar-refractivity contribution in [2.24, 2.45) is 0 Å². The summed E-state index contributed by atoms with van der Waals surface area (Å²) in [4.78, 5) is 14.9. The van der Waals surface area contributed by atoms with Gasteiger partial charge in [-0.05, 0) is 41.7 Å². The van der Waals surface area contributed by atoms with Gasteiger partial charge in [0.15, 0.2) is 0 Å². The number of carbonyl (C=O) groups excluding carboxylic acids is 1. The highest BCUT2D eigenvalue weighted by Crippen LogP contribution is 2.26. The summed E-state index contributed by atoms with van der Waals surface area (Å²) in [7, 11) is -3.58. The lowest BCUT2D eigenvalue weighted by Crippen LogP contribution is -2.54. The molecule has 2 aromatic rings. The molecule has 2 unspecified atom stereocenters. The standard InChI is InChI=1S/C22H30N4O4S/c1-22(2,3)16-6-8-17(9-7-16)31(28,29)26-12-10-25(11-13-26)21(27)19-15-18(23-24-19)20-5-4-14-30-20/h4-9,14,18-19,23-24H,10-13,15H2,1-3H3. The Kier molecular flexibility index (Phi) is 5.95. The Hall–Kier alpha value is -2.20. The van der Waals surface area contributed by atoms with Crippen LogP contribution in [0.2, 0.25) is 0 Å². The molecule has 2 N–H and O–H groups in total. The smallest absolute Gasteiger partial charge is 0.243 e. The van der Waals surface area contributed by atoms with Crippen LogP contribution >= 0.6 is 0 Å². The number of benzene rings is 1. The van der Waals surface area contributed by atoms with Crippen molar-refractivity contribution in [3.63, 3.8) is 0 Å². The molecule has 2 fully saturated rings. The van der Waals surface area contributed by atoms with E-state index in [4.69, 9.17) is 4.42 Å². The van der Waals surface area contributed by atoms with Gasteiger partial charge in [0, 0.05) is 26.2 Å². The molecule has 0 bridgehead atoms. The number of hydrogen-bond donors (Lipinski definition) is 2. The number of carbonyl (C=O) groups is 1. The molecule has 168 valence electrons. The van der Waals surface area contributed by atoms with Gasteiger partial charge in [-0.1, -0.05) is 32.9 Å². The van der Waals surface area contributed by atoms with Gasteiger partial charge in [0.1, 0.15) is 11.8 Å². The molecule has 0 radical (unpaired) electrons. The second kappa shape index (κ2) is 8.38. The minimum absolute atomic E-state index is 0.0202. The van der Waals surface area contributed by atoms with Gasteiger partial charge >= 0.3 is 0 Å². The molecule has 0 spiro atoms. The van der Waals surface area contributed by atoms with Crippen molar-refractivity contribution in [2.45, 2.75) is 49.6 Å². The molecule has 9 heteroatoms. The molecule has 31 heavy (non-hydrogen) atoms. The number of hydrogen-bond acceptors (Lipinski definition) is 6. The summed E-state index contributed by atoms with van der Waals surface area (Å²) in [5, 5.41) is 0. The lowest BCUT2D eigenvalue weighted by Gasteiger charge is -2.35. The molecular formula is C22H30N4O4S. The lowest BCUT2D eigenvalue weighted by molar-refractivity contribution is -0.134. The highest BCUT2D eigenvalue weighted by molar-refractivity contribution is 7.89. The van der Waals surface area contributed by atoms with E-state index >= 15 is 0 Å². The van der Waals surface area contributed by atoms with Crippen LogP contribution in [0.4, 0.5) is 0 Å². The van der Waals surface area contributed by atoms with Crippen LogP contribution in [0.3, 0.4) is 0 Å². The predicted molar refractivity (Wildman–Crippen MR) is 117 cm³/mol. The fraction of sp³-hybridized carbons (Fsp3) is 0.500. The molecule has 1 aromatic carbocycles. The lowest BCUT2D eigenvalue weighted by atomic mass is 9.87.